The van der Waals surface area contributed by atoms with E-state index in [0.29, 0.717) is 0 Å². The Morgan fingerprint density at radius 1 is 0.654 bits per heavy atom. The van der Waals surface area contributed by atoms with Gasteiger partial charge in [-0.2, -0.15) is 5.10 Å². The van der Waals surface area contributed by atoms with E-state index in [2.05, 4.69) is 34.8 Å². The van der Waals surface area contributed by atoms with Crippen molar-refractivity contribution in [2.75, 3.05) is 36.0 Å². The number of aromatic nitrogens is 6. The highest BCUT2D eigenvalue weighted by molar-refractivity contribution is 5.47. The van der Waals surface area contributed by atoms with Crippen LogP contribution in [0.25, 0.3) is 5.82 Å². The summed E-state index contributed by atoms with van der Waals surface area (Å²) in [5.41, 5.74) is 3.04. The van der Waals surface area contributed by atoms with Crippen LogP contribution >= 0.6 is 0 Å². The fraction of sp³-hybridized carbons (Fsp3) is 0.389. The van der Waals surface area contributed by atoms with Crippen molar-refractivity contribution in [3.05, 3.63) is 47.9 Å². The van der Waals surface area contributed by atoms with Crippen molar-refractivity contribution in [1.82, 2.24) is 29.7 Å². The highest BCUT2D eigenvalue weighted by Gasteiger charge is 2.20. The van der Waals surface area contributed by atoms with Gasteiger partial charge < -0.3 is 9.80 Å². The molecule has 134 valence electrons. The smallest absolute Gasteiger partial charge is 0.159 e. The molecule has 4 heterocycles. The molecule has 26 heavy (non-hydrogen) atoms. The molecule has 1 fully saturated rings. The van der Waals surface area contributed by atoms with Gasteiger partial charge in [0.1, 0.15) is 24.3 Å². The van der Waals surface area contributed by atoms with Crippen LogP contribution in [0.5, 0.6) is 0 Å². The molecule has 1 aliphatic rings. The van der Waals surface area contributed by atoms with Crippen molar-refractivity contribution in [2.24, 2.45) is 0 Å². The minimum absolute atomic E-state index is 0.800. The molecule has 0 bridgehead atoms. The Kier molecular flexibility index (Phi) is 4.24. The summed E-state index contributed by atoms with van der Waals surface area (Å²) in [5, 5.41) is 4.51. The second-order valence-electron chi connectivity index (χ2n) is 6.56. The van der Waals surface area contributed by atoms with Crippen molar-refractivity contribution in [3.63, 3.8) is 0 Å². The largest absolute Gasteiger partial charge is 0.353 e. The number of anilines is 2. The standard InChI is InChI=1S/C18H22N8/c1-13-9-16(20-11-19-13)24-4-6-25(7-5-24)17-10-18(22-12-21-17)26-15(3)8-14(2)23-26/h8-12H,4-7H2,1-3H3. The van der Waals surface area contributed by atoms with Crippen LogP contribution in [0.15, 0.2) is 30.9 Å². The second kappa shape index (κ2) is 6.70. The average Bonchev–Trinajstić information content (AvgIpc) is 3.00. The van der Waals surface area contributed by atoms with Gasteiger partial charge in [0.05, 0.1) is 5.69 Å². The van der Waals surface area contributed by atoms with E-state index in [1.807, 2.05) is 43.7 Å². The first-order chi connectivity index (χ1) is 12.6. The predicted molar refractivity (Wildman–Crippen MR) is 99.8 cm³/mol. The van der Waals surface area contributed by atoms with Crippen LogP contribution in [-0.4, -0.2) is 55.9 Å². The molecule has 0 saturated carbocycles. The van der Waals surface area contributed by atoms with E-state index in [4.69, 9.17) is 0 Å². The summed E-state index contributed by atoms with van der Waals surface area (Å²) < 4.78 is 1.86. The fourth-order valence-electron chi connectivity index (χ4n) is 3.26. The molecule has 1 aliphatic heterocycles. The van der Waals surface area contributed by atoms with Crippen LogP contribution in [0.1, 0.15) is 17.1 Å². The number of piperazine rings is 1. The molecule has 1 saturated heterocycles. The molecule has 0 atom stereocenters. The zero-order valence-electron chi connectivity index (χ0n) is 15.3. The van der Waals surface area contributed by atoms with E-state index in [-0.39, 0.29) is 0 Å². The molecule has 3 aromatic heterocycles. The number of hydrogen-bond donors (Lipinski definition) is 0. The van der Waals surface area contributed by atoms with Gasteiger partial charge in [-0.05, 0) is 26.8 Å². The Morgan fingerprint density at radius 2 is 1.23 bits per heavy atom. The lowest BCUT2D eigenvalue weighted by molar-refractivity contribution is 0.639. The summed E-state index contributed by atoms with van der Waals surface area (Å²) in [6, 6.07) is 6.08. The van der Waals surface area contributed by atoms with E-state index < -0.39 is 0 Å². The molecule has 0 aliphatic carbocycles. The Hall–Kier alpha value is -3.03. The lowest BCUT2D eigenvalue weighted by Crippen LogP contribution is -2.47. The molecule has 8 heteroatoms. The maximum absolute atomic E-state index is 4.51. The molecule has 0 N–H and O–H groups in total. The van der Waals surface area contributed by atoms with Gasteiger partial charge >= 0.3 is 0 Å². The van der Waals surface area contributed by atoms with Gasteiger partial charge in [-0.3, -0.25) is 0 Å². The lowest BCUT2D eigenvalue weighted by Gasteiger charge is -2.36. The number of aryl methyl sites for hydroxylation is 3. The van der Waals surface area contributed by atoms with Gasteiger partial charge in [0.25, 0.3) is 0 Å². The normalized spacial score (nSPS) is 14.7. The van der Waals surface area contributed by atoms with Crippen molar-refractivity contribution >= 4 is 11.6 Å². The third-order valence-corrected chi connectivity index (χ3v) is 4.58. The molecule has 0 unspecified atom stereocenters. The summed E-state index contributed by atoms with van der Waals surface area (Å²) in [6.07, 6.45) is 3.24. The second-order valence-corrected chi connectivity index (χ2v) is 6.56. The summed E-state index contributed by atoms with van der Waals surface area (Å²) >= 11 is 0. The molecule has 0 radical (unpaired) electrons. The quantitative estimate of drug-likeness (QED) is 0.711. The third-order valence-electron chi connectivity index (χ3n) is 4.58. The highest BCUT2D eigenvalue weighted by Crippen LogP contribution is 2.19. The predicted octanol–water partition coefficient (Wildman–Crippen LogP) is 1.70. The molecule has 0 spiro atoms. The van der Waals surface area contributed by atoms with E-state index >= 15 is 0 Å². The van der Waals surface area contributed by atoms with Gasteiger partial charge in [0, 0.05) is 49.7 Å². The minimum atomic E-state index is 0.800. The minimum Gasteiger partial charge on any atom is -0.353 e. The molecule has 3 aromatic rings. The van der Waals surface area contributed by atoms with Crippen LogP contribution in [-0.2, 0) is 0 Å². The first-order valence-corrected chi connectivity index (χ1v) is 8.74. The van der Waals surface area contributed by atoms with E-state index in [9.17, 15) is 0 Å². The van der Waals surface area contributed by atoms with E-state index in [0.717, 1.165) is 60.7 Å². The van der Waals surface area contributed by atoms with Gasteiger partial charge in [0.15, 0.2) is 5.82 Å². The Balaban J connectivity index is 1.50. The summed E-state index contributed by atoms with van der Waals surface area (Å²) in [7, 11) is 0. The monoisotopic (exact) mass is 350 g/mol. The van der Waals surface area contributed by atoms with E-state index in [1.165, 1.54) is 0 Å². The Morgan fingerprint density at radius 3 is 1.81 bits per heavy atom. The first kappa shape index (κ1) is 16.4. The van der Waals surface area contributed by atoms with Crippen LogP contribution in [0.4, 0.5) is 11.6 Å². The van der Waals surface area contributed by atoms with Crippen molar-refractivity contribution in [3.8, 4) is 5.82 Å². The summed E-state index contributed by atoms with van der Waals surface area (Å²) in [5.74, 6) is 2.72. The summed E-state index contributed by atoms with van der Waals surface area (Å²) in [4.78, 5) is 22.0. The van der Waals surface area contributed by atoms with Gasteiger partial charge in [-0.25, -0.2) is 24.6 Å². The average molecular weight is 350 g/mol. The summed E-state index contributed by atoms with van der Waals surface area (Å²) in [6.45, 7) is 9.57. The first-order valence-electron chi connectivity index (χ1n) is 8.74. The molecular formula is C18H22N8. The number of nitrogens with zero attached hydrogens (tertiary/aromatic N) is 8. The van der Waals surface area contributed by atoms with Crippen molar-refractivity contribution < 1.29 is 0 Å². The van der Waals surface area contributed by atoms with Gasteiger partial charge in [-0.1, -0.05) is 0 Å². The maximum atomic E-state index is 4.51. The van der Waals surface area contributed by atoms with Crippen LogP contribution in [0, 0.1) is 20.8 Å². The molecule has 0 amide bonds. The van der Waals surface area contributed by atoms with Crippen LogP contribution < -0.4 is 9.80 Å². The Bertz CT molecular complexity index is 911. The molecule has 4 rings (SSSR count). The van der Waals surface area contributed by atoms with E-state index in [1.54, 1.807) is 12.7 Å². The zero-order chi connectivity index (χ0) is 18.1. The third kappa shape index (κ3) is 3.22. The van der Waals surface area contributed by atoms with Gasteiger partial charge in [0.2, 0.25) is 0 Å². The number of rotatable bonds is 3. The van der Waals surface area contributed by atoms with Crippen molar-refractivity contribution in [1.29, 1.82) is 0 Å². The highest BCUT2D eigenvalue weighted by atomic mass is 15.3. The molecule has 0 aromatic carbocycles. The topological polar surface area (TPSA) is 75.9 Å². The maximum Gasteiger partial charge on any atom is 0.159 e. The fourth-order valence-corrected chi connectivity index (χ4v) is 3.26. The Labute approximate surface area is 152 Å². The number of hydrogen-bond acceptors (Lipinski definition) is 7. The SMILES string of the molecule is Cc1cc(N2CCN(c3cc(-n4nc(C)cc4C)ncn3)CC2)ncn1. The van der Waals surface area contributed by atoms with Gasteiger partial charge in [-0.15, -0.1) is 0 Å². The molecular weight excluding hydrogens is 328 g/mol. The molecule has 8 nitrogen and oxygen atoms in total. The van der Waals surface area contributed by atoms with Crippen molar-refractivity contribution in [2.45, 2.75) is 20.8 Å². The lowest BCUT2D eigenvalue weighted by atomic mass is 10.3. The zero-order valence-corrected chi connectivity index (χ0v) is 15.3. The van der Waals surface area contributed by atoms with Crippen LogP contribution in [0.2, 0.25) is 0 Å². The van der Waals surface area contributed by atoms with Crippen LogP contribution in [0.3, 0.4) is 0 Å².